The van der Waals surface area contributed by atoms with Crippen LogP contribution in [0.1, 0.15) is 19.4 Å². The van der Waals surface area contributed by atoms with Crippen LogP contribution >= 0.6 is 0 Å². The molecule has 0 aliphatic carbocycles. The lowest BCUT2D eigenvalue weighted by molar-refractivity contribution is -0.118. The molecule has 90 valence electrons. The molecule has 0 radical (unpaired) electrons. The van der Waals surface area contributed by atoms with Crippen LogP contribution in [0.4, 0.5) is 5.69 Å². The van der Waals surface area contributed by atoms with E-state index in [2.05, 4.69) is 11.4 Å². The molecule has 0 aromatic heterocycles. The van der Waals surface area contributed by atoms with E-state index in [1.54, 1.807) is 12.1 Å². The number of nitriles is 1. The smallest absolute Gasteiger partial charge is 0.241 e. The summed E-state index contributed by atoms with van der Waals surface area (Å²) in [6, 6.07) is 8.75. The number of amides is 1. The Bertz CT molecular complexity index is 417. The van der Waals surface area contributed by atoms with Crippen molar-refractivity contribution >= 4 is 11.6 Å². The number of nitrogens with zero attached hydrogens (tertiary/aromatic N) is 1. The highest BCUT2D eigenvalue weighted by molar-refractivity contribution is 5.94. The highest BCUT2D eigenvalue weighted by Crippen LogP contribution is 2.11. The number of nitrogens with two attached hydrogens (primary N) is 1. The summed E-state index contributed by atoms with van der Waals surface area (Å²) in [7, 11) is 0. The lowest BCUT2D eigenvalue weighted by Gasteiger charge is -2.15. The van der Waals surface area contributed by atoms with Gasteiger partial charge in [-0.1, -0.05) is 26.0 Å². The van der Waals surface area contributed by atoms with Crippen molar-refractivity contribution in [3.8, 4) is 6.07 Å². The summed E-state index contributed by atoms with van der Waals surface area (Å²) in [6.45, 7) is 3.81. The van der Waals surface area contributed by atoms with Gasteiger partial charge in [0.05, 0.1) is 18.5 Å². The summed E-state index contributed by atoms with van der Waals surface area (Å²) in [5.41, 5.74) is 7.36. The van der Waals surface area contributed by atoms with Crippen LogP contribution in [0.25, 0.3) is 0 Å². The first kappa shape index (κ1) is 13.2. The molecule has 0 bridgehead atoms. The van der Waals surface area contributed by atoms with Gasteiger partial charge in [-0.2, -0.15) is 5.26 Å². The van der Waals surface area contributed by atoms with Crippen LogP contribution in [0.3, 0.4) is 0 Å². The average molecular weight is 231 g/mol. The molecule has 0 saturated carbocycles. The second-order valence-electron chi connectivity index (χ2n) is 4.29. The highest BCUT2D eigenvalue weighted by atomic mass is 16.2. The Morgan fingerprint density at radius 1 is 1.41 bits per heavy atom. The summed E-state index contributed by atoms with van der Waals surface area (Å²) in [5, 5.41) is 11.3. The third kappa shape index (κ3) is 3.89. The van der Waals surface area contributed by atoms with Gasteiger partial charge in [0.1, 0.15) is 0 Å². The van der Waals surface area contributed by atoms with Gasteiger partial charge >= 0.3 is 0 Å². The first-order chi connectivity index (χ1) is 8.04. The predicted molar refractivity (Wildman–Crippen MR) is 67.2 cm³/mol. The summed E-state index contributed by atoms with van der Waals surface area (Å²) in [5.74, 6) is -0.0825. The Kier molecular flexibility index (Phi) is 4.68. The van der Waals surface area contributed by atoms with Gasteiger partial charge in [-0.15, -0.1) is 0 Å². The van der Waals surface area contributed by atoms with Crippen molar-refractivity contribution in [2.24, 2.45) is 11.7 Å². The van der Waals surface area contributed by atoms with Crippen LogP contribution in [0, 0.1) is 17.2 Å². The highest BCUT2D eigenvalue weighted by Gasteiger charge is 2.16. The predicted octanol–water partition coefficient (Wildman–Crippen LogP) is 1.67. The van der Waals surface area contributed by atoms with Gasteiger partial charge < -0.3 is 11.1 Å². The molecule has 17 heavy (non-hydrogen) atoms. The number of nitrogens with one attached hydrogen (secondary N) is 1. The molecule has 1 rings (SSSR count). The van der Waals surface area contributed by atoms with Crippen LogP contribution in [0.2, 0.25) is 0 Å². The number of hydrogen-bond acceptors (Lipinski definition) is 3. The average Bonchev–Trinajstić information content (AvgIpc) is 2.30. The van der Waals surface area contributed by atoms with Crippen molar-refractivity contribution in [2.75, 3.05) is 5.32 Å². The number of anilines is 1. The first-order valence-corrected chi connectivity index (χ1v) is 5.57. The third-order valence-corrected chi connectivity index (χ3v) is 2.53. The lowest BCUT2D eigenvalue weighted by atomic mass is 10.0. The van der Waals surface area contributed by atoms with E-state index >= 15 is 0 Å². The molecule has 0 heterocycles. The topological polar surface area (TPSA) is 78.9 Å². The fourth-order valence-electron chi connectivity index (χ4n) is 1.33. The molecule has 0 fully saturated rings. The molecule has 1 aromatic rings. The van der Waals surface area contributed by atoms with Crippen molar-refractivity contribution in [1.82, 2.24) is 0 Å². The molecule has 4 nitrogen and oxygen atoms in total. The van der Waals surface area contributed by atoms with Crippen LogP contribution in [0.5, 0.6) is 0 Å². The van der Waals surface area contributed by atoms with E-state index in [9.17, 15) is 4.79 Å². The fraction of sp³-hybridized carbons (Fsp3) is 0.385. The van der Waals surface area contributed by atoms with Gasteiger partial charge in [0.15, 0.2) is 0 Å². The summed E-state index contributed by atoms with van der Waals surface area (Å²) < 4.78 is 0. The molecular weight excluding hydrogens is 214 g/mol. The Labute approximate surface area is 101 Å². The zero-order valence-electron chi connectivity index (χ0n) is 10.1. The van der Waals surface area contributed by atoms with Gasteiger partial charge in [0.25, 0.3) is 0 Å². The van der Waals surface area contributed by atoms with Gasteiger partial charge in [-0.3, -0.25) is 4.79 Å². The van der Waals surface area contributed by atoms with E-state index < -0.39 is 6.04 Å². The molecule has 1 aromatic carbocycles. The van der Waals surface area contributed by atoms with Crippen molar-refractivity contribution in [3.63, 3.8) is 0 Å². The molecule has 0 aliphatic heterocycles. The molecule has 0 spiro atoms. The quantitative estimate of drug-likeness (QED) is 0.827. The number of carbonyl (C=O) groups is 1. The van der Waals surface area contributed by atoms with Crippen LogP contribution in [0.15, 0.2) is 24.3 Å². The summed E-state index contributed by atoms with van der Waals surface area (Å²) >= 11 is 0. The van der Waals surface area contributed by atoms with Gasteiger partial charge in [0.2, 0.25) is 5.91 Å². The van der Waals surface area contributed by atoms with Crippen molar-refractivity contribution in [1.29, 1.82) is 5.26 Å². The van der Waals surface area contributed by atoms with E-state index in [0.717, 1.165) is 5.56 Å². The SMILES string of the molecule is CC(C)C(N)C(=O)Nc1ccc(CC#N)cc1. The maximum atomic E-state index is 11.7. The molecular formula is C13H17N3O. The molecule has 4 heteroatoms. The molecule has 1 unspecified atom stereocenters. The van der Waals surface area contributed by atoms with Crippen molar-refractivity contribution < 1.29 is 4.79 Å². The molecule has 3 N–H and O–H groups in total. The lowest BCUT2D eigenvalue weighted by Crippen LogP contribution is -2.39. The van der Waals surface area contributed by atoms with Crippen LogP contribution in [-0.2, 0) is 11.2 Å². The fourth-order valence-corrected chi connectivity index (χ4v) is 1.33. The maximum Gasteiger partial charge on any atom is 0.241 e. The monoisotopic (exact) mass is 231 g/mol. The Morgan fingerprint density at radius 2 is 2.00 bits per heavy atom. The van der Waals surface area contributed by atoms with Crippen molar-refractivity contribution in [2.45, 2.75) is 26.3 Å². The van der Waals surface area contributed by atoms with E-state index in [-0.39, 0.29) is 11.8 Å². The van der Waals surface area contributed by atoms with Crippen LogP contribution < -0.4 is 11.1 Å². The first-order valence-electron chi connectivity index (χ1n) is 5.57. The number of hydrogen-bond donors (Lipinski definition) is 2. The number of benzene rings is 1. The normalized spacial score (nSPS) is 11.9. The van der Waals surface area contributed by atoms with E-state index in [1.807, 2.05) is 26.0 Å². The van der Waals surface area contributed by atoms with E-state index in [4.69, 9.17) is 11.0 Å². The zero-order valence-corrected chi connectivity index (χ0v) is 10.1. The van der Waals surface area contributed by atoms with Gasteiger partial charge in [-0.05, 0) is 23.6 Å². The number of rotatable bonds is 4. The Hall–Kier alpha value is -1.86. The molecule has 0 aliphatic rings. The van der Waals surface area contributed by atoms with Crippen molar-refractivity contribution in [3.05, 3.63) is 29.8 Å². The standard InChI is InChI=1S/C13H17N3O/c1-9(2)12(15)13(17)16-11-5-3-10(4-6-11)7-8-14/h3-6,9,12H,7,15H2,1-2H3,(H,16,17). The second-order valence-corrected chi connectivity index (χ2v) is 4.29. The largest absolute Gasteiger partial charge is 0.325 e. The third-order valence-electron chi connectivity index (χ3n) is 2.53. The Morgan fingerprint density at radius 3 is 2.47 bits per heavy atom. The second kappa shape index (κ2) is 6.02. The van der Waals surface area contributed by atoms with Gasteiger partial charge in [-0.25, -0.2) is 0 Å². The summed E-state index contributed by atoms with van der Waals surface area (Å²) in [6.07, 6.45) is 0.375. The molecule has 1 amide bonds. The number of carbonyl (C=O) groups excluding carboxylic acids is 1. The minimum absolute atomic E-state index is 0.105. The van der Waals surface area contributed by atoms with E-state index in [1.165, 1.54) is 0 Å². The summed E-state index contributed by atoms with van der Waals surface area (Å²) in [4.78, 5) is 11.7. The molecule has 1 atom stereocenters. The van der Waals surface area contributed by atoms with Crippen LogP contribution in [-0.4, -0.2) is 11.9 Å². The maximum absolute atomic E-state index is 11.7. The minimum atomic E-state index is -0.506. The zero-order chi connectivity index (χ0) is 12.8. The minimum Gasteiger partial charge on any atom is -0.325 e. The Balaban J connectivity index is 2.64. The van der Waals surface area contributed by atoms with Gasteiger partial charge in [0, 0.05) is 5.69 Å². The van der Waals surface area contributed by atoms with E-state index in [0.29, 0.717) is 12.1 Å². The molecule has 0 saturated heterocycles.